The van der Waals surface area contributed by atoms with Gasteiger partial charge in [-0.15, -0.1) is 11.3 Å². The first-order chi connectivity index (χ1) is 11.1. The minimum Gasteiger partial charge on any atom is -0.508 e. The first-order valence-electron chi connectivity index (χ1n) is 7.48. The number of hydrogen-bond donors (Lipinski definition) is 2. The van der Waals surface area contributed by atoms with E-state index >= 15 is 0 Å². The number of nitrogens with zero attached hydrogens (tertiary/aromatic N) is 2. The number of nitrogens with one attached hydrogen (secondary N) is 1. The monoisotopic (exact) mass is 349 g/mol. The molecule has 3 rings (SSSR count). The maximum atomic E-state index is 12.7. The predicted molar refractivity (Wildman–Crippen MR) is 93.9 cm³/mol. The topological polar surface area (TPSA) is 65.5 Å². The van der Waals surface area contributed by atoms with Crippen molar-refractivity contribution in [2.75, 3.05) is 18.1 Å². The second kappa shape index (κ2) is 7.23. The number of carbonyl (C=O) groups is 1. The summed E-state index contributed by atoms with van der Waals surface area (Å²) >= 11 is 3.44. The van der Waals surface area contributed by atoms with Gasteiger partial charge in [0.25, 0.3) is 0 Å². The van der Waals surface area contributed by atoms with E-state index in [4.69, 9.17) is 0 Å². The van der Waals surface area contributed by atoms with E-state index in [0.717, 1.165) is 22.1 Å². The number of hydrogen-bond acceptors (Lipinski definition) is 5. The molecule has 1 aliphatic heterocycles. The van der Waals surface area contributed by atoms with E-state index in [1.54, 1.807) is 35.7 Å². The van der Waals surface area contributed by atoms with Crippen LogP contribution >= 0.6 is 23.1 Å². The lowest BCUT2D eigenvalue weighted by atomic mass is 10.1. The highest BCUT2D eigenvalue weighted by atomic mass is 32.2. The smallest absolute Gasteiger partial charge is 0.318 e. The lowest BCUT2D eigenvalue weighted by molar-refractivity contribution is 0.179. The largest absolute Gasteiger partial charge is 0.508 e. The Bertz CT molecular complexity index is 663. The molecule has 0 radical (unpaired) electrons. The molecule has 1 aromatic carbocycles. The number of urea groups is 1. The van der Waals surface area contributed by atoms with Crippen LogP contribution in [0.3, 0.4) is 0 Å². The van der Waals surface area contributed by atoms with Crippen LogP contribution < -0.4 is 5.32 Å². The molecule has 1 aliphatic rings. The molecule has 0 unspecified atom stereocenters. The van der Waals surface area contributed by atoms with E-state index in [1.807, 2.05) is 35.0 Å². The van der Waals surface area contributed by atoms with Crippen molar-refractivity contribution in [3.8, 4) is 5.75 Å². The van der Waals surface area contributed by atoms with E-state index in [-0.39, 0.29) is 23.9 Å². The summed E-state index contributed by atoms with van der Waals surface area (Å²) in [4.78, 5) is 18.9. The number of carbonyl (C=O) groups excluding carboxylic acids is 1. The van der Waals surface area contributed by atoms with Gasteiger partial charge in [-0.2, -0.15) is 11.8 Å². The number of thiazole rings is 1. The molecular weight excluding hydrogens is 330 g/mol. The summed E-state index contributed by atoms with van der Waals surface area (Å²) < 4.78 is 0. The van der Waals surface area contributed by atoms with Gasteiger partial charge in [0, 0.05) is 29.6 Å². The van der Waals surface area contributed by atoms with E-state index in [2.05, 4.69) is 10.3 Å². The summed E-state index contributed by atoms with van der Waals surface area (Å²) in [6, 6.07) is 6.76. The number of benzene rings is 1. The summed E-state index contributed by atoms with van der Waals surface area (Å²) in [6.45, 7) is 2.64. The fourth-order valence-corrected chi connectivity index (χ4v) is 4.51. The normalized spacial score (nSPS) is 19.3. The highest BCUT2D eigenvalue weighted by Gasteiger charge is 2.30. The van der Waals surface area contributed by atoms with Crippen LogP contribution in [0.25, 0.3) is 0 Å². The standard InChI is InChI=1S/C16H19N3O2S2/c1-11(12-3-2-4-13(20)9-12)18-16(21)19-6-8-22-10-14(19)15-17-5-7-23-15/h2-5,7,9,11,14,20H,6,8,10H2,1H3,(H,18,21)/t11-,14+/m1/s1. The van der Waals surface area contributed by atoms with E-state index < -0.39 is 0 Å². The molecule has 0 bridgehead atoms. The molecule has 122 valence electrons. The van der Waals surface area contributed by atoms with E-state index in [1.165, 1.54) is 0 Å². The number of aromatic nitrogens is 1. The predicted octanol–water partition coefficient (Wildman–Crippen LogP) is 3.41. The van der Waals surface area contributed by atoms with E-state index in [9.17, 15) is 9.90 Å². The molecule has 0 saturated carbocycles. The minimum absolute atomic E-state index is 0.0325. The molecule has 2 N–H and O–H groups in total. The molecule has 1 fully saturated rings. The maximum absolute atomic E-state index is 12.7. The molecule has 0 aliphatic carbocycles. The van der Waals surface area contributed by atoms with Crippen molar-refractivity contribution in [1.82, 2.24) is 15.2 Å². The van der Waals surface area contributed by atoms with Crippen molar-refractivity contribution in [3.63, 3.8) is 0 Å². The second-order valence-electron chi connectivity index (χ2n) is 5.42. The molecule has 2 aromatic rings. The van der Waals surface area contributed by atoms with Crippen LogP contribution in [-0.2, 0) is 0 Å². The number of phenols is 1. The Kier molecular flexibility index (Phi) is 5.07. The third-order valence-corrected chi connectivity index (χ3v) is 5.74. The van der Waals surface area contributed by atoms with Crippen LogP contribution in [0.4, 0.5) is 4.79 Å². The van der Waals surface area contributed by atoms with Crippen LogP contribution in [-0.4, -0.2) is 39.1 Å². The summed E-state index contributed by atoms with van der Waals surface area (Å²) in [5.74, 6) is 2.02. The first kappa shape index (κ1) is 16.1. The van der Waals surface area contributed by atoms with Crippen LogP contribution in [0.1, 0.15) is 29.6 Å². The van der Waals surface area contributed by atoms with Gasteiger partial charge in [0.15, 0.2) is 0 Å². The van der Waals surface area contributed by atoms with Crippen molar-refractivity contribution in [2.45, 2.75) is 19.0 Å². The van der Waals surface area contributed by atoms with Gasteiger partial charge in [-0.3, -0.25) is 0 Å². The van der Waals surface area contributed by atoms with Gasteiger partial charge < -0.3 is 15.3 Å². The molecule has 2 atom stereocenters. The van der Waals surface area contributed by atoms with Crippen LogP contribution in [0.5, 0.6) is 5.75 Å². The van der Waals surface area contributed by atoms with Gasteiger partial charge >= 0.3 is 6.03 Å². The number of rotatable bonds is 3. The average Bonchev–Trinajstić information content (AvgIpc) is 3.09. The number of thioether (sulfide) groups is 1. The Labute approximate surface area is 143 Å². The van der Waals surface area contributed by atoms with Crippen molar-refractivity contribution in [3.05, 3.63) is 46.4 Å². The fourth-order valence-electron chi connectivity index (χ4n) is 2.60. The molecule has 0 spiro atoms. The second-order valence-corrected chi connectivity index (χ2v) is 7.50. The lowest BCUT2D eigenvalue weighted by Gasteiger charge is -2.35. The van der Waals surface area contributed by atoms with Gasteiger partial charge in [0.1, 0.15) is 10.8 Å². The van der Waals surface area contributed by atoms with Gasteiger partial charge in [-0.25, -0.2) is 9.78 Å². The quantitative estimate of drug-likeness (QED) is 0.891. The van der Waals surface area contributed by atoms with Crippen molar-refractivity contribution in [1.29, 1.82) is 0 Å². The molecule has 1 saturated heterocycles. The van der Waals surface area contributed by atoms with Crippen molar-refractivity contribution < 1.29 is 9.90 Å². The Morgan fingerprint density at radius 2 is 2.39 bits per heavy atom. The summed E-state index contributed by atoms with van der Waals surface area (Å²) in [5, 5.41) is 15.5. The number of phenolic OH excluding ortho intramolecular Hbond substituents is 1. The minimum atomic E-state index is -0.166. The fraction of sp³-hybridized carbons (Fsp3) is 0.375. The molecule has 1 aromatic heterocycles. The molecule has 7 heteroatoms. The lowest BCUT2D eigenvalue weighted by Crippen LogP contribution is -2.46. The molecular formula is C16H19N3O2S2. The van der Waals surface area contributed by atoms with Gasteiger partial charge in [0.05, 0.1) is 12.1 Å². The average molecular weight is 349 g/mol. The molecule has 5 nitrogen and oxygen atoms in total. The number of amides is 2. The Morgan fingerprint density at radius 3 is 3.13 bits per heavy atom. The van der Waals surface area contributed by atoms with Gasteiger partial charge in [-0.05, 0) is 24.6 Å². The molecule has 2 amide bonds. The van der Waals surface area contributed by atoms with Gasteiger partial charge in [-0.1, -0.05) is 12.1 Å². The zero-order chi connectivity index (χ0) is 16.2. The highest BCUT2D eigenvalue weighted by Crippen LogP contribution is 2.31. The summed E-state index contributed by atoms with van der Waals surface area (Å²) in [7, 11) is 0. The summed E-state index contributed by atoms with van der Waals surface area (Å²) in [5.41, 5.74) is 0.885. The van der Waals surface area contributed by atoms with Gasteiger partial charge in [0.2, 0.25) is 0 Å². The van der Waals surface area contributed by atoms with Crippen molar-refractivity contribution >= 4 is 29.1 Å². The van der Waals surface area contributed by atoms with Crippen LogP contribution in [0.15, 0.2) is 35.8 Å². The zero-order valence-electron chi connectivity index (χ0n) is 12.8. The van der Waals surface area contributed by atoms with Crippen LogP contribution in [0, 0.1) is 0 Å². The summed E-state index contributed by atoms with van der Waals surface area (Å²) in [6.07, 6.45) is 1.78. The molecule has 2 heterocycles. The third-order valence-electron chi connectivity index (χ3n) is 3.84. The zero-order valence-corrected chi connectivity index (χ0v) is 14.4. The SMILES string of the molecule is C[C@@H](NC(=O)N1CCSC[C@H]1c1nccs1)c1cccc(O)c1. The Morgan fingerprint density at radius 1 is 1.52 bits per heavy atom. The maximum Gasteiger partial charge on any atom is 0.318 e. The van der Waals surface area contributed by atoms with Crippen molar-refractivity contribution in [2.24, 2.45) is 0 Å². The third kappa shape index (κ3) is 3.79. The van der Waals surface area contributed by atoms with E-state index in [0.29, 0.717) is 6.54 Å². The molecule has 23 heavy (non-hydrogen) atoms. The number of aromatic hydroxyl groups is 1. The Hall–Kier alpha value is -1.73. The Balaban J connectivity index is 1.71. The first-order valence-corrected chi connectivity index (χ1v) is 9.52. The van der Waals surface area contributed by atoms with Crippen LogP contribution in [0.2, 0.25) is 0 Å². The highest BCUT2D eigenvalue weighted by molar-refractivity contribution is 7.99.